The van der Waals surface area contributed by atoms with E-state index >= 15 is 0 Å². The lowest BCUT2D eigenvalue weighted by atomic mass is 10.2. The molecule has 0 unspecified atom stereocenters. The van der Waals surface area contributed by atoms with E-state index in [0.29, 0.717) is 34.6 Å². The van der Waals surface area contributed by atoms with Crippen LogP contribution in [0.5, 0.6) is 11.5 Å². The fraction of sp³-hybridized carbons (Fsp3) is 0.417. The third-order valence-electron chi connectivity index (χ3n) is 4.75. The molecule has 0 fully saturated rings. The second kappa shape index (κ2) is 13.9. The Labute approximate surface area is 199 Å². The minimum absolute atomic E-state index is 0.0231. The smallest absolute Gasteiger partial charge is 0.257 e. The Kier molecular flexibility index (Phi) is 11.2. The standard InChI is InChI=1S/C24H30Cl2N2O4/c1-17-13-19(7-9-21(17)25)31-15-23(29)27-11-5-3-4-6-12-28-24(30)16-32-20-8-10-22(26)18(2)14-20/h7-10,13-14H,3-6,11-12,15-16H2,1-2H3,(H,27,29)(H,28,30). The summed E-state index contributed by atoms with van der Waals surface area (Å²) in [5, 5.41) is 7.02. The van der Waals surface area contributed by atoms with Gasteiger partial charge in [-0.3, -0.25) is 9.59 Å². The van der Waals surface area contributed by atoms with Crippen LogP contribution in [0.25, 0.3) is 0 Å². The lowest BCUT2D eigenvalue weighted by molar-refractivity contribution is -0.123. The van der Waals surface area contributed by atoms with E-state index in [-0.39, 0.29) is 25.0 Å². The first-order valence-corrected chi connectivity index (χ1v) is 11.4. The molecule has 2 N–H and O–H groups in total. The number of benzene rings is 2. The van der Waals surface area contributed by atoms with Crippen molar-refractivity contribution in [1.29, 1.82) is 0 Å². The zero-order chi connectivity index (χ0) is 23.3. The quantitative estimate of drug-likeness (QED) is 0.401. The van der Waals surface area contributed by atoms with E-state index in [9.17, 15) is 9.59 Å². The SMILES string of the molecule is Cc1cc(OCC(=O)NCCCCCCNC(=O)COc2ccc(Cl)c(C)c2)ccc1Cl. The van der Waals surface area contributed by atoms with Crippen LogP contribution in [-0.2, 0) is 9.59 Å². The minimum Gasteiger partial charge on any atom is -0.484 e. The summed E-state index contributed by atoms with van der Waals surface area (Å²) in [6.07, 6.45) is 3.68. The molecule has 0 atom stereocenters. The molecule has 0 aliphatic heterocycles. The lowest BCUT2D eigenvalue weighted by Gasteiger charge is -2.09. The van der Waals surface area contributed by atoms with Gasteiger partial charge in [-0.05, 0) is 74.2 Å². The van der Waals surface area contributed by atoms with E-state index in [1.165, 1.54) is 0 Å². The normalized spacial score (nSPS) is 10.5. The minimum atomic E-state index is -0.152. The topological polar surface area (TPSA) is 76.7 Å². The van der Waals surface area contributed by atoms with Gasteiger partial charge in [-0.15, -0.1) is 0 Å². The number of halogens is 2. The van der Waals surface area contributed by atoms with E-state index in [1.54, 1.807) is 36.4 Å². The summed E-state index contributed by atoms with van der Waals surface area (Å²) in [6.45, 7) is 4.92. The van der Waals surface area contributed by atoms with Crippen LogP contribution in [-0.4, -0.2) is 38.1 Å². The van der Waals surface area contributed by atoms with Gasteiger partial charge in [0.15, 0.2) is 13.2 Å². The number of hydrogen-bond acceptors (Lipinski definition) is 4. The van der Waals surface area contributed by atoms with Crippen LogP contribution < -0.4 is 20.1 Å². The molecule has 0 aliphatic rings. The number of carbonyl (C=O) groups is 2. The fourth-order valence-electron chi connectivity index (χ4n) is 2.87. The van der Waals surface area contributed by atoms with Crippen molar-refractivity contribution in [3.8, 4) is 11.5 Å². The maximum atomic E-state index is 11.8. The van der Waals surface area contributed by atoms with Gasteiger partial charge in [0.2, 0.25) is 0 Å². The number of rotatable bonds is 13. The van der Waals surface area contributed by atoms with Crippen LogP contribution in [0.3, 0.4) is 0 Å². The van der Waals surface area contributed by atoms with Crippen molar-refractivity contribution < 1.29 is 19.1 Å². The summed E-state index contributed by atoms with van der Waals surface area (Å²) in [4.78, 5) is 23.7. The third-order valence-corrected chi connectivity index (χ3v) is 5.59. The third kappa shape index (κ3) is 9.79. The molecule has 174 valence electrons. The van der Waals surface area contributed by atoms with E-state index in [2.05, 4.69) is 10.6 Å². The number of ether oxygens (including phenoxy) is 2. The number of aryl methyl sites for hydroxylation is 2. The van der Waals surface area contributed by atoms with Gasteiger partial charge in [0.05, 0.1) is 0 Å². The van der Waals surface area contributed by atoms with Crippen molar-refractivity contribution in [2.24, 2.45) is 0 Å². The molecule has 0 saturated heterocycles. The van der Waals surface area contributed by atoms with E-state index in [0.717, 1.165) is 36.8 Å². The monoisotopic (exact) mass is 480 g/mol. The molecular weight excluding hydrogens is 451 g/mol. The number of unbranched alkanes of at least 4 members (excludes halogenated alkanes) is 3. The summed E-state index contributed by atoms with van der Waals surface area (Å²) >= 11 is 11.9. The average Bonchev–Trinajstić information content (AvgIpc) is 2.77. The second-order valence-electron chi connectivity index (χ2n) is 7.51. The number of hydrogen-bond donors (Lipinski definition) is 2. The molecule has 0 spiro atoms. The first-order valence-electron chi connectivity index (χ1n) is 10.7. The predicted molar refractivity (Wildman–Crippen MR) is 128 cm³/mol. The van der Waals surface area contributed by atoms with Crippen molar-refractivity contribution >= 4 is 35.0 Å². The number of nitrogens with one attached hydrogen (secondary N) is 2. The highest BCUT2D eigenvalue weighted by Crippen LogP contribution is 2.21. The Morgan fingerprint density at radius 2 is 1.12 bits per heavy atom. The molecule has 2 amide bonds. The average molecular weight is 481 g/mol. The Hall–Kier alpha value is -2.44. The molecule has 6 nitrogen and oxygen atoms in total. The van der Waals surface area contributed by atoms with Gasteiger partial charge in [0, 0.05) is 23.1 Å². The van der Waals surface area contributed by atoms with Crippen LogP contribution in [0.4, 0.5) is 0 Å². The van der Waals surface area contributed by atoms with Crippen molar-refractivity contribution in [3.05, 3.63) is 57.6 Å². The first kappa shape index (κ1) is 25.8. The second-order valence-corrected chi connectivity index (χ2v) is 8.33. The molecule has 0 heterocycles. The van der Waals surface area contributed by atoms with Crippen LogP contribution >= 0.6 is 23.2 Å². The molecule has 0 saturated carbocycles. The number of carbonyl (C=O) groups excluding carboxylic acids is 2. The van der Waals surface area contributed by atoms with Crippen molar-refractivity contribution in [2.75, 3.05) is 26.3 Å². The van der Waals surface area contributed by atoms with Crippen LogP contribution in [0.15, 0.2) is 36.4 Å². The van der Waals surface area contributed by atoms with Gasteiger partial charge in [-0.1, -0.05) is 36.0 Å². The summed E-state index contributed by atoms with van der Waals surface area (Å²) < 4.78 is 10.9. The first-order chi connectivity index (χ1) is 15.3. The van der Waals surface area contributed by atoms with Crippen LogP contribution in [0.2, 0.25) is 10.0 Å². The molecule has 8 heteroatoms. The number of amides is 2. The van der Waals surface area contributed by atoms with Crippen LogP contribution in [0.1, 0.15) is 36.8 Å². The van der Waals surface area contributed by atoms with Gasteiger partial charge in [-0.25, -0.2) is 0 Å². The highest BCUT2D eigenvalue weighted by molar-refractivity contribution is 6.31. The molecule has 0 aromatic heterocycles. The van der Waals surface area contributed by atoms with Gasteiger partial charge >= 0.3 is 0 Å². The molecule has 0 aliphatic carbocycles. The summed E-state index contributed by atoms with van der Waals surface area (Å²) in [5.74, 6) is 0.942. The van der Waals surface area contributed by atoms with E-state index in [1.807, 2.05) is 13.8 Å². The molecular formula is C24H30Cl2N2O4. The van der Waals surface area contributed by atoms with Gasteiger partial charge in [0.1, 0.15) is 11.5 Å². The highest BCUT2D eigenvalue weighted by atomic mass is 35.5. The maximum absolute atomic E-state index is 11.8. The largest absolute Gasteiger partial charge is 0.484 e. The summed E-state index contributed by atoms with van der Waals surface area (Å²) in [5.41, 5.74) is 1.81. The Bertz CT molecular complexity index is 832. The van der Waals surface area contributed by atoms with Gasteiger partial charge in [0.25, 0.3) is 11.8 Å². The zero-order valence-corrected chi connectivity index (χ0v) is 20.0. The maximum Gasteiger partial charge on any atom is 0.257 e. The summed E-state index contributed by atoms with van der Waals surface area (Å²) in [7, 11) is 0. The van der Waals surface area contributed by atoms with Gasteiger partial charge < -0.3 is 20.1 Å². The Morgan fingerprint density at radius 1 is 0.719 bits per heavy atom. The molecule has 32 heavy (non-hydrogen) atoms. The zero-order valence-electron chi connectivity index (χ0n) is 18.5. The van der Waals surface area contributed by atoms with Crippen molar-refractivity contribution in [1.82, 2.24) is 10.6 Å². The molecule has 0 radical (unpaired) electrons. The fourth-order valence-corrected chi connectivity index (χ4v) is 3.11. The molecule has 2 aromatic carbocycles. The predicted octanol–water partition coefficient (Wildman–Crippen LogP) is 4.86. The van der Waals surface area contributed by atoms with E-state index < -0.39 is 0 Å². The van der Waals surface area contributed by atoms with Crippen molar-refractivity contribution in [3.63, 3.8) is 0 Å². The Morgan fingerprint density at radius 3 is 1.50 bits per heavy atom. The molecule has 0 bridgehead atoms. The molecule has 2 aromatic rings. The molecule has 2 rings (SSSR count). The highest BCUT2D eigenvalue weighted by Gasteiger charge is 2.05. The van der Waals surface area contributed by atoms with Crippen molar-refractivity contribution in [2.45, 2.75) is 39.5 Å². The Balaban J connectivity index is 1.45. The summed E-state index contributed by atoms with van der Waals surface area (Å²) in [6, 6.07) is 10.6. The van der Waals surface area contributed by atoms with Crippen LogP contribution in [0, 0.1) is 13.8 Å². The van der Waals surface area contributed by atoms with Gasteiger partial charge in [-0.2, -0.15) is 0 Å². The van der Waals surface area contributed by atoms with E-state index in [4.69, 9.17) is 32.7 Å². The lowest BCUT2D eigenvalue weighted by Crippen LogP contribution is -2.30.